The van der Waals surface area contributed by atoms with Crippen LogP contribution in [0.25, 0.3) is 0 Å². The van der Waals surface area contributed by atoms with E-state index in [1.807, 2.05) is 0 Å². The number of hydrogen-bond donors (Lipinski definition) is 1. The van der Waals surface area contributed by atoms with Gasteiger partial charge < -0.3 is 4.74 Å². The van der Waals surface area contributed by atoms with Crippen molar-refractivity contribution in [1.82, 2.24) is 15.1 Å². The van der Waals surface area contributed by atoms with Crippen LogP contribution in [0.15, 0.2) is 0 Å². The van der Waals surface area contributed by atoms with Crippen LogP contribution in [0.4, 0.5) is 5.13 Å². The number of rotatable bonds is 4. The second-order valence-corrected chi connectivity index (χ2v) is 9.19. The summed E-state index contributed by atoms with van der Waals surface area (Å²) in [6.07, 6.45) is 5.44. The molecule has 3 heterocycles. The zero-order valence-electron chi connectivity index (χ0n) is 15.6. The highest BCUT2D eigenvalue weighted by Crippen LogP contribution is 2.29. The molecular weight excluding hydrogens is 336 g/mol. The van der Waals surface area contributed by atoms with E-state index in [1.54, 1.807) is 0 Å². The molecule has 1 amide bonds. The fourth-order valence-corrected chi connectivity index (χ4v) is 4.34. The van der Waals surface area contributed by atoms with Crippen LogP contribution < -0.4 is 5.32 Å². The van der Waals surface area contributed by atoms with E-state index >= 15 is 0 Å². The number of nitrogens with zero attached hydrogens (tertiary/aromatic N) is 3. The number of hydrogen-bond acceptors (Lipinski definition) is 6. The Morgan fingerprint density at radius 2 is 2.00 bits per heavy atom. The van der Waals surface area contributed by atoms with E-state index in [9.17, 15) is 4.79 Å². The normalized spacial score (nSPS) is 23.6. The van der Waals surface area contributed by atoms with Gasteiger partial charge in [-0.05, 0) is 38.1 Å². The predicted octanol–water partition coefficient (Wildman–Crippen LogP) is 3.06. The Morgan fingerprint density at radius 1 is 1.24 bits per heavy atom. The van der Waals surface area contributed by atoms with E-state index in [0.29, 0.717) is 11.0 Å². The van der Waals surface area contributed by atoms with Gasteiger partial charge in [0.2, 0.25) is 11.0 Å². The van der Waals surface area contributed by atoms with E-state index in [1.165, 1.54) is 17.8 Å². The number of ether oxygens (including phenoxy) is 1. The monoisotopic (exact) mass is 366 g/mol. The Bertz CT molecular complexity index is 578. The molecule has 1 aromatic rings. The van der Waals surface area contributed by atoms with Crippen molar-refractivity contribution in [1.29, 1.82) is 0 Å². The molecule has 1 atom stereocenters. The number of piperidine rings is 1. The second-order valence-electron chi connectivity index (χ2n) is 8.21. The topological polar surface area (TPSA) is 67.4 Å². The Hall–Kier alpha value is -1.05. The number of carbonyl (C=O) groups is 1. The van der Waals surface area contributed by atoms with Crippen molar-refractivity contribution < 1.29 is 9.53 Å². The van der Waals surface area contributed by atoms with E-state index in [0.717, 1.165) is 57.0 Å². The lowest BCUT2D eigenvalue weighted by molar-refractivity contribution is -0.122. The highest BCUT2D eigenvalue weighted by molar-refractivity contribution is 7.15. The largest absolute Gasteiger partial charge is 0.381 e. The maximum absolute atomic E-state index is 12.8. The van der Waals surface area contributed by atoms with E-state index in [2.05, 4.69) is 41.2 Å². The van der Waals surface area contributed by atoms with Crippen LogP contribution in [0.5, 0.6) is 0 Å². The standard InChI is InChI=1S/C18H30N4O2S/c1-18(2,3)16-20-21-17(25-16)19-15(23)14-6-4-5-9-22(14)12-13-7-10-24-11-8-13/h13-14H,4-12H2,1-3H3,(H,19,21,23). The van der Waals surface area contributed by atoms with Crippen molar-refractivity contribution in [3.05, 3.63) is 5.01 Å². The minimum Gasteiger partial charge on any atom is -0.381 e. The predicted molar refractivity (Wildman–Crippen MR) is 100.0 cm³/mol. The second kappa shape index (κ2) is 8.10. The Morgan fingerprint density at radius 3 is 2.68 bits per heavy atom. The van der Waals surface area contributed by atoms with E-state index in [4.69, 9.17) is 4.74 Å². The maximum atomic E-state index is 12.8. The molecule has 2 aliphatic rings. The van der Waals surface area contributed by atoms with E-state index < -0.39 is 0 Å². The third kappa shape index (κ3) is 4.99. The highest BCUT2D eigenvalue weighted by Gasteiger charge is 2.31. The van der Waals surface area contributed by atoms with Gasteiger partial charge in [0, 0.05) is 25.2 Å². The van der Waals surface area contributed by atoms with Gasteiger partial charge in [-0.3, -0.25) is 15.0 Å². The molecule has 2 fully saturated rings. The summed E-state index contributed by atoms with van der Waals surface area (Å²) >= 11 is 1.48. The summed E-state index contributed by atoms with van der Waals surface area (Å²) in [5.41, 5.74) is -0.0411. The van der Waals surface area contributed by atoms with Crippen molar-refractivity contribution in [2.45, 2.75) is 64.3 Å². The summed E-state index contributed by atoms with van der Waals surface area (Å²) in [6, 6.07) is -0.0430. The quantitative estimate of drug-likeness (QED) is 0.887. The molecule has 140 valence electrons. The molecule has 1 unspecified atom stereocenters. The summed E-state index contributed by atoms with van der Waals surface area (Å²) < 4.78 is 5.46. The van der Waals surface area contributed by atoms with Crippen molar-refractivity contribution in [2.75, 3.05) is 31.6 Å². The fraction of sp³-hybridized carbons (Fsp3) is 0.833. The van der Waals surface area contributed by atoms with Crippen LogP contribution in [0, 0.1) is 5.92 Å². The maximum Gasteiger partial charge on any atom is 0.243 e. The third-order valence-electron chi connectivity index (χ3n) is 5.05. The average Bonchev–Trinajstić information content (AvgIpc) is 3.05. The molecule has 0 radical (unpaired) electrons. The smallest absolute Gasteiger partial charge is 0.243 e. The highest BCUT2D eigenvalue weighted by atomic mass is 32.1. The van der Waals surface area contributed by atoms with Gasteiger partial charge in [0.15, 0.2) is 0 Å². The molecule has 1 N–H and O–H groups in total. The molecule has 0 aliphatic carbocycles. The van der Waals surface area contributed by atoms with Gasteiger partial charge in [-0.15, -0.1) is 10.2 Å². The molecule has 3 rings (SSSR count). The Kier molecular flexibility index (Phi) is 6.07. The molecule has 0 bridgehead atoms. The van der Waals surface area contributed by atoms with Gasteiger partial charge in [-0.1, -0.05) is 38.5 Å². The van der Waals surface area contributed by atoms with Crippen LogP contribution in [0.2, 0.25) is 0 Å². The Balaban J connectivity index is 1.61. The average molecular weight is 367 g/mol. The number of aromatic nitrogens is 2. The van der Waals surface area contributed by atoms with Gasteiger partial charge in [-0.2, -0.15) is 0 Å². The number of likely N-dealkylation sites (tertiary alicyclic amines) is 1. The zero-order chi connectivity index (χ0) is 17.9. The molecule has 6 nitrogen and oxygen atoms in total. The fourth-order valence-electron chi connectivity index (χ4n) is 3.53. The number of anilines is 1. The summed E-state index contributed by atoms with van der Waals surface area (Å²) in [6.45, 7) is 10.1. The minimum atomic E-state index is -0.0430. The molecule has 7 heteroatoms. The molecule has 1 aromatic heterocycles. The first-order valence-corrected chi connectivity index (χ1v) is 10.2. The van der Waals surface area contributed by atoms with Gasteiger partial charge in [-0.25, -0.2) is 0 Å². The molecule has 0 aromatic carbocycles. The summed E-state index contributed by atoms with van der Waals surface area (Å²) in [4.78, 5) is 15.2. The Labute approximate surface area is 154 Å². The number of nitrogens with one attached hydrogen (secondary N) is 1. The molecular formula is C18H30N4O2S. The van der Waals surface area contributed by atoms with Crippen LogP contribution in [-0.4, -0.2) is 53.3 Å². The molecule has 0 saturated carbocycles. The lowest BCUT2D eigenvalue weighted by atomic mass is 9.95. The van der Waals surface area contributed by atoms with Crippen molar-refractivity contribution in [2.24, 2.45) is 5.92 Å². The third-order valence-corrected chi connectivity index (χ3v) is 6.31. The van der Waals surface area contributed by atoms with E-state index in [-0.39, 0.29) is 17.4 Å². The van der Waals surface area contributed by atoms with Gasteiger partial charge in [0.05, 0.1) is 6.04 Å². The lowest BCUT2D eigenvalue weighted by Crippen LogP contribution is -2.49. The lowest BCUT2D eigenvalue weighted by Gasteiger charge is -2.37. The van der Waals surface area contributed by atoms with Crippen LogP contribution >= 0.6 is 11.3 Å². The first kappa shape index (κ1) is 18.7. The van der Waals surface area contributed by atoms with Gasteiger partial charge in [0.25, 0.3) is 0 Å². The number of amides is 1. The summed E-state index contributed by atoms with van der Waals surface area (Å²) in [5, 5.41) is 13.0. The molecule has 25 heavy (non-hydrogen) atoms. The van der Waals surface area contributed by atoms with Gasteiger partial charge >= 0.3 is 0 Å². The van der Waals surface area contributed by atoms with Crippen molar-refractivity contribution >= 4 is 22.4 Å². The summed E-state index contributed by atoms with van der Waals surface area (Å²) in [7, 11) is 0. The van der Waals surface area contributed by atoms with Gasteiger partial charge in [0.1, 0.15) is 5.01 Å². The first-order chi connectivity index (χ1) is 11.9. The number of carbonyl (C=O) groups excluding carboxylic acids is 1. The van der Waals surface area contributed by atoms with Crippen LogP contribution in [0.1, 0.15) is 57.9 Å². The first-order valence-electron chi connectivity index (χ1n) is 9.40. The van der Waals surface area contributed by atoms with Crippen molar-refractivity contribution in [3.8, 4) is 0 Å². The zero-order valence-corrected chi connectivity index (χ0v) is 16.4. The van der Waals surface area contributed by atoms with Crippen molar-refractivity contribution in [3.63, 3.8) is 0 Å². The van der Waals surface area contributed by atoms with Crippen LogP contribution in [0.3, 0.4) is 0 Å². The molecule has 0 spiro atoms. The molecule has 2 saturated heterocycles. The minimum absolute atomic E-state index is 0.0411. The molecule has 2 aliphatic heterocycles. The summed E-state index contributed by atoms with van der Waals surface area (Å²) in [5.74, 6) is 0.722. The van der Waals surface area contributed by atoms with Crippen LogP contribution in [-0.2, 0) is 14.9 Å². The SMILES string of the molecule is CC(C)(C)c1nnc(NC(=O)C2CCCCN2CC2CCOCC2)s1.